The Labute approximate surface area is 171 Å². The number of aromatic nitrogens is 2. The predicted molar refractivity (Wildman–Crippen MR) is 113 cm³/mol. The van der Waals surface area contributed by atoms with Gasteiger partial charge in [0, 0.05) is 17.9 Å². The molecule has 8 heteroatoms. The van der Waals surface area contributed by atoms with Gasteiger partial charge in [0.2, 0.25) is 0 Å². The van der Waals surface area contributed by atoms with Crippen LogP contribution in [0.2, 0.25) is 0 Å². The molecule has 1 aliphatic heterocycles. The van der Waals surface area contributed by atoms with Crippen LogP contribution >= 0.6 is 24.8 Å². The standard InChI is InChI=1S/C19H24N4O2.2ClH/c1-3-14-5-4-6-16(21-14)22-18(24)17-13(2)9-12-23(19(17)25)15-7-10-20-11-8-15;;/h4-6,9,12,15,20H,3,7-8,10-11H2,1-2H3,(H,21,22,24);2*1H. The Kier molecular flexibility index (Phi) is 8.96. The molecule has 1 fully saturated rings. The van der Waals surface area contributed by atoms with Crippen molar-refractivity contribution in [3.05, 3.63) is 57.6 Å². The molecule has 27 heavy (non-hydrogen) atoms. The molecule has 1 amide bonds. The molecule has 3 rings (SSSR count). The molecule has 148 valence electrons. The molecule has 3 heterocycles. The van der Waals surface area contributed by atoms with E-state index in [-0.39, 0.29) is 42.0 Å². The first-order chi connectivity index (χ1) is 12.1. The molecule has 0 aromatic carbocycles. The molecule has 0 unspecified atom stereocenters. The van der Waals surface area contributed by atoms with Crippen molar-refractivity contribution in [2.75, 3.05) is 18.4 Å². The largest absolute Gasteiger partial charge is 0.317 e. The van der Waals surface area contributed by atoms with Gasteiger partial charge in [-0.15, -0.1) is 24.8 Å². The SMILES string of the molecule is CCc1cccc(NC(=O)c2c(C)ccn(C3CCNCC3)c2=O)n1.Cl.Cl. The Hall–Kier alpha value is -1.89. The summed E-state index contributed by atoms with van der Waals surface area (Å²) < 4.78 is 1.71. The van der Waals surface area contributed by atoms with Gasteiger partial charge in [0.25, 0.3) is 11.5 Å². The minimum atomic E-state index is -0.397. The monoisotopic (exact) mass is 412 g/mol. The number of anilines is 1. The normalized spacial score (nSPS) is 14.0. The van der Waals surface area contributed by atoms with E-state index < -0.39 is 5.91 Å². The summed E-state index contributed by atoms with van der Waals surface area (Å²) in [6.07, 6.45) is 4.38. The highest BCUT2D eigenvalue weighted by atomic mass is 35.5. The summed E-state index contributed by atoms with van der Waals surface area (Å²) >= 11 is 0. The fraction of sp³-hybridized carbons (Fsp3) is 0.421. The second-order valence-electron chi connectivity index (χ2n) is 6.39. The number of carbonyl (C=O) groups is 1. The van der Waals surface area contributed by atoms with Crippen LogP contribution in [-0.2, 0) is 6.42 Å². The van der Waals surface area contributed by atoms with Crippen LogP contribution < -0.4 is 16.2 Å². The molecule has 2 N–H and O–H groups in total. The van der Waals surface area contributed by atoms with Gasteiger partial charge in [-0.3, -0.25) is 9.59 Å². The van der Waals surface area contributed by atoms with Gasteiger partial charge < -0.3 is 15.2 Å². The lowest BCUT2D eigenvalue weighted by atomic mass is 10.0. The van der Waals surface area contributed by atoms with E-state index in [4.69, 9.17) is 0 Å². The minimum Gasteiger partial charge on any atom is -0.317 e. The van der Waals surface area contributed by atoms with E-state index in [0.717, 1.165) is 38.0 Å². The number of pyridine rings is 2. The van der Waals surface area contributed by atoms with Crippen LogP contribution in [0, 0.1) is 6.92 Å². The number of nitrogens with one attached hydrogen (secondary N) is 2. The summed E-state index contributed by atoms with van der Waals surface area (Å²) in [5, 5.41) is 6.06. The van der Waals surface area contributed by atoms with Crippen molar-refractivity contribution in [2.24, 2.45) is 0 Å². The maximum atomic E-state index is 12.9. The van der Waals surface area contributed by atoms with Gasteiger partial charge in [-0.2, -0.15) is 0 Å². The maximum Gasteiger partial charge on any atom is 0.263 e. The zero-order chi connectivity index (χ0) is 17.8. The summed E-state index contributed by atoms with van der Waals surface area (Å²) in [5.41, 5.74) is 1.55. The number of halogens is 2. The quantitative estimate of drug-likeness (QED) is 0.808. The van der Waals surface area contributed by atoms with E-state index in [1.54, 1.807) is 23.8 Å². The highest BCUT2D eigenvalue weighted by molar-refractivity contribution is 6.04. The summed E-state index contributed by atoms with van der Waals surface area (Å²) in [6.45, 7) is 5.58. The van der Waals surface area contributed by atoms with Crippen molar-refractivity contribution in [2.45, 2.75) is 39.2 Å². The Balaban J connectivity index is 0.00000182. The van der Waals surface area contributed by atoms with Crippen molar-refractivity contribution < 1.29 is 4.79 Å². The maximum absolute atomic E-state index is 12.9. The zero-order valence-corrected chi connectivity index (χ0v) is 17.2. The van der Waals surface area contributed by atoms with Crippen LogP contribution in [0.1, 0.15) is 47.4 Å². The Bertz CT molecular complexity index is 833. The molecule has 0 aliphatic carbocycles. The van der Waals surface area contributed by atoms with Gasteiger partial charge in [-0.1, -0.05) is 13.0 Å². The lowest BCUT2D eigenvalue weighted by Crippen LogP contribution is -2.37. The third-order valence-corrected chi connectivity index (χ3v) is 4.67. The summed E-state index contributed by atoms with van der Waals surface area (Å²) in [4.78, 5) is 30.0. The average molecular weight is 413 g/mol. The number of nitrogens with zero attached hydrogens (tertiary/aromatic N) is 2. The summed E-state index contributed by atoms with van der Waals surface area (Å²) in [5.74, 6) is 0.0759. The van der Waals surface area contributed by atoms with Crippen molar-refractivity contribution in [3.63, 3.8) is 0 Å². The molecule has 0 spiro atoms. The number of hydrogen-bond donors (Lipinski definition) is 2. The number of rotatable bonds is 4. The highest BCUT2D eigenvalue weighted by Gasteiger charge is 2.21. The number of piperidine rings is 1. The van der Waals surface area contributed by atoms with E-state index in [1.165, 1.54) is 0 Å². The first kappa shape index (κ1) is 23.1. The van der Waals surface area contributed by atoms with Crippen molar-refractivity contribution >= 4 is 36.5 Å². The fourth-order valence-corrected chi connectivity index (χ4v) is 3.21. The van der Waals surface area contributed by atoms with Gasteiger partial charge in [0.15, 0.2) is 0 Å². The predicted octanol–water partition coefficient (Wildman–Crippen LogP) is 3.13. The van der Waals surface area contributed by atoms with Gasteiger partial charge in [0.1, 0.15) is 11.4 Å². The fourth-order valence-electron chi connectivity index (χ4n) is 3.21. The third-order valence-electron chi connectivity index (χ3n) is 4.67. The molecule has 6 nitrogen and oxygen atoms in total. The topological polar surface area (TPSA) is 76.0 Å². The molecular weight excluding hydrogens is 387 g/mol. The van der Waals surface area contributed by atoms with Gasteiger partial charge in [0.05, 0.1) is 0 Å². The average Bonchev–Trinajstić information content (AvgIpc) is 2.62. The number of amides is 1. The second-order valence-corrected chi connectivity index (χ2v) is 6.39. The van der Waals surface area contributed by atoms with Crippen LogP contribution in [0.3, 0.4) is 0 Å². The van der Waals surface area contributed by atoms with Crippen LogP contribution in [-0.4, -0.2) is 28.5 Å². The molecule has 0 radical (unpaired) electrons. The van der Waals surface area contributed by atoms with Crippen molar-refractivity contribution in [3.8, 4) is 0 Å². The van der Waals surface area contributed by atoms with E-state index in [1.807, 2.05) is 25.1 Å². The van der Waals surface area contributed by atoms with Crippen molar-refractivity contribution in [1.82, 2.24) is 14.9 Å². The number of hydrogen-bond acceptors (Lipinski definition) is 4. The second kappa shape index (κ2) is 10.4. The van der Waals surface area contributed by atoms with Crippen LogP contribution in [0.4, 0.5) is 5.82 Å². The van der Waals surface area contributed by atoms with Gasteiger partial charge in [-0.25, -0.2) is 4.98 Å². The Morgan fingerprint density at radius 3 is 2.63 bits per heavy atom. The van der Waals surface area contributed by atoms with Crippen LogP contribution in [0.15, 0.2) is 35.3 Å². The number of carbonyl (C=O) groups excluding carboxylic acids is 1. The van der Waals surface area contributed by atoms with Crippen LogP contribution in [0.25, 0.3) is 0 Å². The molecule has 1 saturated heterocycles. The Morgan fingerprint density at radius 2 is 1.96 bits per heavy atom. The van der Waals surface area contributed by atoms with E-state index in [9.17, 15) is 9.59 Å². The van der Waals surface area contributed by atoms with E-state index >= 15 is 0 Å². The van der Waals surface area contributed by atoms with Crippen molar-refractivity contribution in [1.29, 1.82) is 0 Å². The lowest BCUT2D eigenvalue weighted by molar-refractivity contribution is 0.102. The molecule has 0 saturated carbocycles. The third kappa shape index (κ3) is 5.31. The smallest absolute Gasteiger partial charge is 0.263 e. The molecule has 1 aliphatic rings. The van der Waals surface area contributed by atoms with Gasteiger partial charge in [-0.05, 0) is 63.0 Å². The van der Waals surface area contributed by atoms with Gasteiger partial charge >= 0.3 is 0 Å². The summed E-state index contributed by atoms with van der Waals surface area (Å²) in [6, 6.07) is 7.48. The minimum absolute atomic E-state index is 0. The van der Waals surface area contributed by atoms with Crippen LogP contribution in [0.5, 0.6) is 0 Å². The highest BCUT2D eigenvalue weighted by Crippen LogP contribution is 2.17. The molecule has 0 atom stereocenters. The molecule has 2 aromatic rings. The molecule has 0 bridgehead atoms. The van der Waals surface area contributed by atoms with E-state index in [2.05, 4.69) is 15.6 Å². The number of aryl methyl sites for hydroxylation is 2. The Morgan fingerprint density at radius 1 is 1.26 bits per heavy atom. The van der Waals surface area contributed by atoms with E-state index in [0.29, 0.717) is 11.4 Å². The molecule has 2 aromatic heterocycles. The zero-order valence-electron chi connectivity index (χ0n) is 15.5. The molecular formula is C19H26Cl2N4O2. The first-order valence-electron chi connectivity index (χ1n) is 8.80. The first-order valence-corrected chi connectivity index (χ1v) is 8.80. The lowest BCUT2D eigenvalue weighted by Gasteiger charge is -2.25. The summed E-state index contributed by atoms with van der Waals surface area (Å²) in [7, 11) is 0.